The number of likely N-dealkylation sites (tertiary alicyclic amines) is 1. The van der Waals surface area contributed by atoms with Crippen molar-refractivity contribution in [1.29, 1.82) is 0 Å². The fourth-order valence-electron chi connectivity index (χ4n) is 2.98. The molecule has 3 rings (SSSR count). The first kappa shape index (κ1) is 14.2. The van der Waals surface area contributed by atoms with Crippen molar-refractivity contribution in [3.63, 3.8) is 0 Å². The predicted molar refractivity (Wildman–Crippen MR) is 77.9 cm³/mol. The van der Waals surface area contributed by atoms with Gasteiger partial charge in [0.2, 0.25) is 12.7 Å². The van der Waals surface area contributed by atoms with Crippen molar-refractivity contribution in [2.24, 2.45) is 17.4 Å². The van der Waals surface area contributed by atoms with Crippen LogP contribution in [0.2, 0.25) is 0 Å². The third-order valence-electron chi connectivity index (χ3n) is 4.19. The molecule has 2 aliphatic rings. The fraction of sp³-hybridized carbons (Fsp3) is 0.533. The standard InChI is InChI=1S/C15H21N3O3/c16-12(8-18-5-1-2-11(7-18)15(17)19)10-3-4-13-14(6-10)21-9-20-13/h3-4,6,11-12H,1-2,5,7-9,16H2,(H2,17,19). The number of rotatable bonds is 4. The van der Waals surface area contributed by atoms with E-state index < -0.39 is 0 Å². The van der Waals surface area contributed by atoms with Crippen molar-refractivity contribution in [1.82, 2.24) is 4.90 Å². The number of fused-ring (bicyclic) bond motifs is 1. The highest BCUT2D eigenvalue weighted by Crippen LogP contribution is 2.34. The van der Waals surface area contributed by atoms with Crippen molar-refractivity contribution < 1.29 is 14.3 Å². The van der Waals surface area contributed by atoms with Crippen LogP contribution in [-0.4, -0.2) is 37.2 Å². The minimum atomic E-state index is -0.212. The maximum absolute atomic E-state index is 11.3. The van der Waals surface area contributed by atoms with Gasteiger partial charge in [0.05, 0.1) is 5.92 Å². The molecule has 0 saturated carbocycles. The molecule has 2 aliphatic heterocycles. The van der Waals surface area contributed by atoms with Gasteiger partial charge in [-0.1, -0.05) is 6.07 Å². The summed E-state index contributed by atoms with van der Waals surface area (Å²) in [5.74, 6) is 1.24. The number of carbonyl (C=O) groups is 1. The SMILES string of the molecule is NC(=O)C1CCCN(CC(N)c2ccc3c(c2)OCO3)C1. The van der Waals surface area contributed by atoms with Gasteiger partial charge in [-0.2, -0.15) is 0 Å². The molecule has 2 atom stereocenters. The summed E-state index contributed by atoms with van der Waals surface area (Å²) in [5.41, 5.74) is 12.7. The molecule has 1 aromatic carbocycles. The van der Waals surface area contributed by atoms with E-state index in [0.717, 1.165) is 36.4 Å². The topological polar surface area (TPSA) is 90.8 Å². The van der Waals surface area contributed by atoms with Crippen LogP contribution in [0.3, 0.4) is 0 Å². The van der Waals surface area contributed by atoms with E-state index in [0.29, 0.717) is 13.1 Å². The minimum Gasteiger partial charge on any atom is -0.454 e. The van der Waals surface area contributed by atoms with Gasteiger partial charge in [0.1, 0.15) is 0 Å². The van der Waals surface area contributed by atoms with Gasteiger partial charge in [0.15, 0.2) is 11.5 Å². The van der Waals surface area contributed by atoms with Gasteiger partial charge in [-0.3, -0.25) is 4.79 Å². The number of amides is 1. The van der Waals surface area contributed by atoms with Crippen LogP contribution in [0.15, 0.2) is 18.2 Å². The molecule has 1 amide bonds. The Kier molecular flexibility index (Phi) is 3.98. The Morgan fingerprint density at radius 2 is 2.19 bits per heavy atom. The number of hydrogen-bond acceptors (Lipinski definition) is 5. The summed E-state index contributed by atoms with van der Waals surface area (Å²) in [4.78, 5) is 13.5. The van der Waals surface area contributed by atoms with Crippen LogP contribution in [0, 0.1) is 5.92 Å². The van der Waals surface area contributed by atoms with E-state index in [1.54, 1.807) is 0 Å². The van der Waals surface area contributed by atoms with E-state index >= 15 is 0 Å². The molecule has 0 aromatic heterocycles. The van der Waals surface area contributed by atoms with Gasteiger partial charge in [-0.05, 0) is 37.1 Å². The van der Waals surface area contributed by atoms with Crippen LogP contribution in [0.1, 0.15) is 24.4 Å². The molecule has 2 heterocycles. The number of piperidine rings is 1. The molecule has 21 heavy (non-hydrogen) atoms. The first-order valence-electron chi connectivity index (χ1n) is 7.30. The summed E-state index contributed by atoms with van der Waals surface area (Å²) in [6, 6.07) is 5.67. The number of carbonyl (C=O) groups excluding carboxylic acids is 1. The molecule has 6 heteroatoms. The van der Waals surface area contributed by atoms with Crippen LogP contribution in [0.25, 0.3) is 0 Å². The molecule has 1 fully saturated rings. The van der Waals surface area contributed by atoms with Crippen molar-refractivity contribution in [2.45, 2.75) is 18.9 Å². The number of benzene rings is 1. The number of ether oxygens (including phenoxy) is 2. The summed E-state index contributed by atoms with van der Waals surface area (Å²) in [7, 11) is 0. The first-order chi connectivity index (χ1) is 10.1. The number of primary amides is 1. The van der Waals surface area contributed by atoms with Crippen LogP contribution < -0.4 is 20.9 Å². The molecular formula is C15H21N3O3. The lowest BCUT2D eigenvalue weighted by atomic mass is 9.96. The predicted octanol–water partition coefficient (Wildman–Crippen LogP) is 0.612. The molecule has 0 bridgehead atoms. The lowest BCUT2D eigenvalue weighted by molar-refractivity contribution is -0.123. The zero-order valence-corrected chi connectivity index (χ0v) is 12.0. The Morgan fingerprint density at radius 3 is 3.00 bits per heavy atom. The third-order valence-corrected chi connectivity index (χ3v) is 4.19. The highest BCUT2D eigenvalue weighted by molar-refractivity contribution is 5.76. The second kappa shape index (κ2) is 5.91. The Bertz CT molecular complexity index is 535. The Morgan fingerprint density at radius 1 is 1.38 bits per heavy atom. The lowest BCUT2D eigenvalue weighted by Gasteiger charge is -2.32. The number of nitrogens with zero attached hydrogens (tertiary/aromatic N) is 1. The monoisotopic (exact) mass is 291 g/mol. The Labute approximate surface area is 124 Å². The van der Waals surface area contributed by atoms with Gasteiger partial charge in [-0.25, -0.2) is 0 Å². The van der Waals surface area contributed by atoms with Crippen molar-refractivity contribution in [2.75, 3.05) is 26.4 Å². The summed E-state index contributed by atoms with van der Waals surface area (Å²) in [6.45, 7) is 2.64. The average molecular weight is 291 g/mol. The summed E-state index contributed by atoms with van der Waals surface area (Å²) in [5, 5.41) is 0. The van der Waals surface area contributed by atoms with Crippen molar-refractivity contribution in [3.05, 3.63) is 23.8 Å². The smallest absolute Gasteiger partial charge is 0.231 e. The summed E-state index contributed by atoms with van der Waals surface area (Å²) >= 11 is 0. The number of nitrogens with two attached hydrogens (primary N) is 2. The normalized spacial score (nSPS) is 23.0. The minimum absolute atomic E-state index is 0.0531. The second-order valence-corrected chi connectivity index (χ2v) is 5.72. The van der Waals surface area contributed by atoms with Crippen molar-refractivity contribution >= 4 is 5.91 Å². The third kappa shape index (κ3) is 3.11. The van der Waals surface area contributed by atoms with Gasteiger partial charge in [0.25, 0.3) is 0 Å². The summed E-state index contributed by atoms with van der Waals surface area (Å²) in [6.07, 6.45) is 1.87. The zero-order valence-electron chi connectivity index (χ0n) is 12.0. The van der Waals surface area contributed by atoms with E-state index in [1.165, 1.54) is 0 Å². The number of hydrogen-bond donors (Lipinski definition) is 2. The van der Waals surface area contributed by atoms with E-state index in [9.17, 15) is 4.79 Å². The molecule has 1 saturated heterocycles. The maximum atomic E-state index is 11.3. The van der Waals surface area contributed by atoms with E-state index in [1.807, 2.05) is 18.2 Å². The molecule has 6 nitrogen and oxygen atoms in total. The first-order valence-corrected chi connectivity index (χ1v) is 7.30. The van der Waals surface area contributed by atoms with E-state index in [2.05, 4.69) is 4.90 Å². The van der Waals surface area contributed by atoms with E-state index in [4.69, 9.17) is 20.9 Å². The van der Waals surface area contributed by atoms with Crippen LogP contribution in [0.5, 0.6) is 11.5 Å². The van der Waals surface area contributed by atoms with Crippen LogP contribution in [-0.2, 0) is 4.79 Å². The quantitative estimate of drug-likeness (QED) is 0.848. The molecular weight excluding hydrogens is 270 g/mol. The highest BCUT2D eigenvalue weighted by atomic mass is 16.7. The van der Waals surface area contributed by atoms with Crippen LogP contribution in [0.4, 0.5) is 0 Å². The Balaban J connectivity index is 1.63. The van der Waals surface area contributed by atoms with Gasteiger partial charge in [-0.15, -0.1) is 0 Å². The molecule has 114 valence electrons. The lowest BCUT2D eigenvalue weighted by Crippen LogP contribution is -2.43. The van der Waals surface area contributed by atoms with Crippen molar-refractivity contribution in [3.8, 4) is 11.5 Å². The molecule has 1 aromatic rings. The van der Waals surface area contributed by atoms with E-state index in [-0.39, 0.29) is 24.7 Å². The highest BCUT2D eigenvalue weighted by Gasteiger charge is 2.25. The molecule has 2 unspecified atom stereocenters. The van der Waals surface area contributed by atoms with Gasteiger partial charge >= 0.3 is 0 Å². The Hall–Kier alpha value is -1.79. The molecule has 0 radical (unpaired) electrons. The van der Waals surface area contributed by atoms with Crippen LogP contribution >= 0.6 is 0 Å². The fourth-order valence-corrected chi connectivity index (χ4v) is 2.98. The van der Waals surface area contributed by atoms with Gasteiger partial charge in [0, 0.05) is 19.1 Å². The zero-order chi connectivity index (χ0) is 14.8. The summed E-state index contributed by atoms with van der Waals surface area (Å²) < 4.78 is 10.7. The average Bonchev–Trinajstić information content (AvgIpc) is 2.94. The van der Waals surface area contributed by atoms with Gasteiger partial charge < -0.3 is 25.8 Å². The largest absolute Gasteiger partial charge is 0.454 e. The molecule has 0 aliphatic carbocycles. The molecule has 0 spiro atoms. The maximum Gasteiger partial charge on any atom is 0.231 e. The molecule has 4 N–H and O–H groups in total. The second-order valence-electron chi connectivity index (χ2n) is 5.72.